The number of rotatable bonds is 4. The molecule has 2 aromatic rings. The molecule has 3 heteroatoms. The summed E-state index contributed by atoms with van der Waals surface area (Å²) in [5.74, 6) is 0. The van der Waals surface area contributed by atoms with Crippen molar-refractivity contribution in [2.45, 2.75) is 19.1 Å². The fourth-order valence-electron chi connectivity index (χ4n) is 2.70. The van der Waals surface area contributed by atoms with Gasteiger partial charge in [-0.1, -0.05) is 42.5 Å². The SMILES string of the molecule is N#Cc1ccccc1-c1ccccc1CO[C@H]1CCNC1. The van der Waals surface area contributed by atoms with Crippen LogP contribution in [-0.4, -0.2) is 19.2 Å². The summed E-state index contributed by atoms with van der Waals surface area (Å²) in [5.41, 5.74) is 3.89. The van der Waals surface area contributed by atoms with E-state index in [1.165, 1.54) is 0 Å². The molecule has 3 nitrogen and oxygen atoms in total. The van der Waals surface area contributed by atoms with Gasteiger partial charge in [0.05, 0.1) is 24.3 Å². The Kier molecular flexibility index (Phi) is 4.30. The molecule has 0 aromatic heterocycles. The van der Waals surface area contributed by atoms with Crippen LogP contribution in [0.1, 0.15) is 17.5 Å². The molecule has 0 amide bonds. The topological polar surface area (TPSA) is 45.0 Å². The van der Waals surface area contributed by atoms with Gasteiger partial charge in [-0.3, -0.25) is 0 Å². The van der Waals surface area contributed by atoms with Crippen LogP contribution in [0.5, 0.6) is 0 Å². The second-order valence-electron chi connectivity index (χ2n) is 5.24. The zero-order chi connectivity index (χ0) is 14.5. The first-order valence-corrected chi connectivity index (χ1v) is 7.28. The molecule has 0 saturated carbocycles. The Labute approximate surface area is 125 Å². The quantitative estimate of drug-likeness (QED) is 0.934. The third kappa shape index (κ3) is 3.13. The fourth-order valence-corrected chi connectivity index (χ4v) is 2.70. The molecule has 0 bridgehead atoms. The summed E-state index contributed by atoms with van der Waals surface area (Å²) in [4.78, 5) is 0. The van der Waals surface area contributed by atoms with Crippen molar-refractivity contribution in [3.63, 3.8) is 0 Å². The summed E-state index contributed by atoms with van der Waals surface area (Å²) in [5, 5.41) is 12.6. The number of nitrogens with zero attached hydrogens (tertiary/aromatic N) is 1. The van der Waals surface area contributed by atoms with Crippen molar-refractivity contribution in [1.29, 1.82) is 5.26 Å². The van der Waals surface area contributed by atoms with Gasteiger partial charge in [-0.15, -0.1) is 0 Å². The van der Waals surface area contributed by atoms with Crippen LogP contribution in [0.2, 0.25) is 0 Å². The second-order valence-corrected chi connectivity index (χ2v) is 5.24. The van der Waals surface area contributed by atoms with Crippen LogP contribution in [0.4, 0.5) is 0 Å². The summed E-state index contributed by atoms with van der Waals surface area (Å²) in [7, 11) is 0. The third-order valence-corrected chi connectivity index (χ3v) is 3.84. The zero-order valence-corrected chi connectivity index (χ0v) is 11.9. The minimum atomic E-state index is 0.296. The maximum atomic E-state index is 9.28. The zero-order valence-electron chi connectivity index (χ0n) is 11.9. The number of ether oxygens (including phenoxy) is 1. The van der Waals surface area contributed by atoms with Crippen molar-refractivity contribution in [3.8, 4) is 17.2 Å². The van der Waals surface area contributed by atoms with Crippen molar-refractivity contribution >= 4 is 0 Å². The fraction of sp³-hybridized carbons (Fsp3) is 0.278. The lowest BCUT2D eigenvalue weighted by molar-refractivity contribution is 0.0545. The van der Waals surface area contributed by atoms with E-state index >= 15 is 0 Å². The van der Waals surface area contributed by atoms with Crippen molar-refractivity contribution in [1.82, 2.24) is 5.32 Å². The van der Waals surface area contributed by atoms with Crippen LogP contribution < -0.4 is 5.32 Å². The molecule has 2 aromatic carbocycles. The minimum absolute atomic E-state index is 0.296. The molecule has 1 aliphatic heterocycles. The monoisotopic (exact) mass is 278 g/mol. The Bertz CT molecular complexity index is 654. The van der Waals surface area contributed by atoms with E-state index in [0.29, 0.717) is 18.3 Å². The number of nitrogens with one attached hydrogen (secondary N) is 1. The Morgan fingerprint density at radius 1 is 1.10 bits per heavy atom. The van der Waals surface area contributed by atoms with Gasteiger partial charge in [0.25, 0.3) is 0 Å². The van der Waals surface area contributed by atoms with Gasteiger partial charge in [0.1, 0.15) is 0 Å². The Morgan fingerprint density at radius 2 is 1.86 bits per heavy atom. The molecule has 3 rings (SSSR count). The first-order chi connectivity index (χ1) is 10.4. The number of benzene rings is 2. The Morgan fingerprint density at radius 3 is 2.62 bits per heavy atom. The smallest absolute Gasteiger partial charge is 0.0998 e. The highest BCUT2D eigenvalue weighted by Gasteiger charge is 2.16. The van der Waals surface area contributed by atoms with Crippen molar-refractivity contribution in [2.75, 3.05) is 13.1 Å². The highest BCUT2D eigenvalue weighted by molar-refractivity contribution is 5.73. The van der Waals surface area contributed by atoms with E-state index in [-0.39, 0.29) is 0 Å². The minimum Gasteiger partial charge on any atom is -0.372 e. The summed E-state index contributed by atoms with van der Waals surface area (Å²) in [6, 6.07) is 18.1. The van der Waals surface area contributed by atoms with E-state index in [4.69, 9.17) is 4.74 Å². The summed E-state index contributed by atoms with van der Waals surface area (Å²) < 4.78 is 5.98. The number of hydrogen-bond donors (Lipinski definition) is 1. The highest BCUT2D eigenvalue weighted by atomic mass is 16.5. The van der Waals surface area contributed by atoms with Crippen LogP contribution in [0.25, 0.3) is 11.1 Å². The molecule has 1 fully saturated rings. The third-order valence-electron chi connectivity index (χ3n) is 3.84. The van der Waals surface area contributed by atoms with Crippen LogP contribution >= 0.6 is 0 Å². The molecule has 21 heavy (non-hydrogen) atoms. The predicted octanol–water partition coefficient (Wildman–Crippen LogP) is 3.10. The molecule has 0 radical (unpaired) electrons. The lowest BCUT2D eigenvalue weighted by Gasteiger charge is -2.14. The molecule has 0 aliphatic carbocycles. The maximum Gasteiger partial charge on any atom is 0.0998 e. The highest BCUT2D eigenvalue weighted by Crippen LogP contribution is 2.27. The van der Waals surface area contributed by atoms with Crippen LogP contribution in [0.15, 0.2) is 48.5 Å². The molecule has 1 saturated heterocycles. The first kappa shape index (κ1) is 13.8. The maximum absolute atomic E-state index is 9.28. The number of nitriles is 1. The Balaban J connectivity index is 1.87. The van der Waals surface area contributed by atoms with E-state index < -0.39 is 0 Å². The molecule has 0 spiro atoms. The number of hydrogen-bond acceptors (Lipinski definition) is 3. The first-order valence-electron chi connectivity index (χ1n) is 7.28. The van der Waals surface area contributed by atoms with E-state index in [1.807, 2.05) is 36.4 Å². The van der Waals surface area contributed by atoms with Crippen LogP contribution in [0.3, 0.4) is 0 Å². The van der Waals surface area contributed by atoms with Gasteiger partial charge >= 0.3 is 0 Å². The predicted molar refractivity (Wildman–Crippen MR) is 82.7 cm³/mol. The lowest BCUT2D eigenvalue weighted by atomic mass is 9.96. The van der Waals surface area contributed by atoms with Gasteiger partial charge in [0.2, 0.25) is 0 Å². The van der Waals surface area contributed by atoms with E-state index in [2.05, 4.69) is 23.5 Å². The van der Waals surface area contributed by atoms with Crippen molar-refractivity contribution < 1.29 is 4.74 Å². The van der Waals surface area contributed by atoms with Gasteiger partial charge in [-0.2, -0.15) is 5.26 Å². The summed E-state index contributed by atoms with van der Waals surface area (Å²) in [6.07, 6.45) is 1.36. The molecule has 1 aliphatic rings. The van der Waals surface area contributed by atoms with Crippen molar-refractivity contribution in [3.05, 3.63) is 59.7 Å². The summed E-state index contributed by atoms with van der Waals surface area (Å²) in [6.45, 7) is 2.54. The van der Waals surface area contributed by atoms with Crippen molar-refractivity contribution in [2.24, 2.45) is 0 Å². The van der Waals surface area contributed by atoms with E-state index in [0.717, 1.165) is 36.2 Å². The normalized spacial score (nSPS) is 17.6. The average molecular weight is 278 g/mol. The molecule has 1 atom stereocenters. The van der Waals surface area contributed by atoms with Gasteiger partial charge < -0.3 is 10.1 Å². The van der Waals surface area contributed by atoms with Gasteiger partial charge in [-0.25, -0.2) is 0 Å². The van der Waals surface area contributed by atoms with Crippen LogP contribution in [-0.2, 0) is 11.3 Å². The average Bonchev–Trinajstić information content (AvgIpc) is 3.06. The molecule has 0 unspecified atom stereocenters. The molecule has 106 valence electrons. The molecular weight excluding hydrogens is 260 g/mol. The van der Waals surface area contributed by atoms with Gasteiger partial charge in [0.15, 0.2) is 0 Å². The van der Waals surface area contributed by atoms with Gasteiger partial charge in [-0.05, 0) is 35.7 Å². The summed E-state index contributed by atoms with van der Waals surface area (Å²) >= 11 is 0. The largest absolute Gasteiger partial charge is 0.372 e. The molecular formula is C18H18N2O. The van der Waals surface area contributed by atoms with E-state index in [1.54, 1.807) is 0 Å². The van der Waals surface area contributed by atoms with Gasteiger partial charge in [0, 0.05) is 6.54 Å². The van der Waals surface area contributed by atoms with Crippen LogP contribution in [0, 0.1) is 11.3 Å². The lowest BCUT2D eigenvalue weighted by Crippen LogP contribution is -2.16. The second kappa shape index (κ2) is 6.53. The Hall–Kier alpha value is -2.15. The molecule has 1 N–H and O–H groups in total. The van der Waals surface area contributed by atoms with E-state index in [9.17, 15) is 5.26 Å². The molecule has 1 heterocycles. The standard InChI is InChI=1S/C18H18N2O/c19-11-14-5-1-3-7-17(14)18-8-4-2-6-15(18)13-21-16-9-10-20-12-16/h1-8,16,20H,9-10,12-13H2/t16-/m0/s1.